The Balaban J connectivity index is 2.04. The standard InChI is InChI=1S/C15H16FNO4/c1-2-21-15(20)12-6-7-17(9-13(12)18)14(19)10-4-3-5-11(16)8-10/h3-5,8,12H,2,6-7,9H2,1H3. The number of ether oxygens (including phenoxy) is 1. The van der Waals surface area contributed by atoms with Crippen LogP contribution in [0.2, 0.25) is 0 Å². The number of likely N-dealkylation sites (tertiary alicyclic amines) is 1. The summed E-state index contributed by atoms with van der Waals surface area (Å²) in [6.07, 6.45) is 0.235. The maximum atomic E-state index is 13.1. The van der Waals surface area contributed by atoms with Crippen molar-refractivity contribution in [3.63, 3.8) is 0 Å². The van der Waals surface area contributed by atoms with E-state index in [4.69, 9.17) is 4.74 Å². The van der Waals surface area contributed by atoms with Crippen LogP contribution >= 0.6 is 0 Å². The summed E-state index contributed by atoms with van der Waals surface area (Å²) in [7, 11) is 0. The molecular formula is C15H16FNO4. The van der Waals surface area contributed by atoms with E-state index >= 15 is 0 Å². The Morgan fingerprint density at radius 1 is 1.43 bits per heavy atom. The molecule has 1 atom stereocenters. The minimum Gasteiger partial charge on any atom is -0.465 e. The summed E-state index contributed by atoms with van der Waals surface area (Å²) in [5.74, 6) is -2.61. The monoisotopic (exact) mass is 293 g/mol. The number of hydrogen-bond acceptors (Lipinski definition) is 4. The Labute approximate surface area is 121 Å². The summed E-state index contributed by atoms with van der Waals surface area (Å²) >= 11 is 0. The summed E-state index contributed by atoms with van der Waals surface area (Å²) in [6, 6.07) is 5.31. The molecule has 0 aromatic heterocycles. The van der Waals surface area contributed by atoms with E-state index in [1.165, 1.54) is 23.1 Å². The zero-order valence-electron chi connectivity index (χ0n) is 11.7. The number of esters is 1. The lowest BCUT2D eigenvalue weighted by Crippen LogP contribution is -2.46. The molecule has 0 bridgehead atoms. The number of hydrogen-bond donors (Lipinski definition) is 0. The fourth-order valence-corrected chi connectivity index (χ4v) is 2.29. The molecule has 1 unspecified atom stereocenters. The number of piperidine rings is 1. The lowest BCUT2D eigenvalue weighted by atomic mass is 9.95. The summed E-state index contributed by atoms with van der Waals surface area (Å²) in [5.41, 5.74) is 0.192. The van der Waals surface area contributed by atoms with Gasteiger partial charge in [0.1, 0.15) is 11.7 Å². The molecule has 0 aliphatic carbocycles. The van der Waals surface area contributed by atoms with Crippen LogP contribution in [0.3, 0.4) is 0 Å². The zero-order chi connectivity index (χ0) is 15.4. The molecule has 112 valence electrons. The Bertz CT molecular complexity index is 573. The van der Waals surface area contributed by atoms with Gasteiger partial charge in [0.15, 0.2) is 5.78 Å². The molecule has 0 spiro atoms. The van der Waals surface area contributed by atoms with Gasteiger partial charge in [-0.05, 0) is 31.5 Å². The second-order valence-electron chi connectivity index (χ2n) is 4.80. The molecule has 2 rings (SSSR count). The molecule has 21 heavy (non-hydrogen) atoms. The number of ketones is 1. The van der Waals surface area contributed by atoms with Gasteiger partial charge in [0, 0.05) is 12.1 Å². The van der Waals surface area contributed by atoms with Gasteiger partial charge in [-0.25, -0.2) is 4.39 Å². The highest BCUT2D eigenvalue weighted by Crippen LogP contribution is 2.18. The highest BCUT2D eigenvalue weighted by molar-refractivity contribution is 6.04. The maximum Gasteiger partial charge on any atom is 0.316 e. The first kappa shape index (κ1) is 15.2. The van der Waals surface area contributed by atoms with Gasteiger partial charge in [-0.2, -0.15) is 0 Å². The van der Waals surface area contributed by atoms with Gasteiger partial charge in [-0.3, -0.25) is 14.4 Å². The van der Waals surface area contributed by atoms with Crippen LogP contribution in [0.5, 0.6) is 0 Å². The number of carbonyl (C=O) groups is 3. The lowest BCUT2D eigenvalue weighted by molar-refractivity contribution is -0.153. The predicted molar refractivity (Wildman–Crippen MR) is 72.1 cm³/mol. The molecule has 5 nitrogen and oxygen atoms in total. The highest BCUT2D eigenvalue weighted by atomic mass is 19.1. The summed E-state index contributed by atoms with van der Waals surface area (Å²) in [4.78, 5) is 37.1. The molecule has 0 radical (unpaired) electrons. The SMILES string of the molecule is CCOC(=O)C1CCN(C(=O)c2cccc(F)c2)CC1=O. The largest absolute Gasteiger partial charge is 0.465 e. The third-order valence-corrected chi connectivity index (χ3v) is 3.35. The first-order valence-corrected chi connectivity index (χ1v) is 6.77. The fraction of sp³-hybridized carbons (Fsp3) is 0.400. The van der Waals surface area contributed by atoms with Crippen molar-refractivity contribution in [1.29, 1.82) is 0 Å². The number of carbonyl (C=O) groups excluding carboxylic acids is 3. The van der Waals surface area contributed by atoms with Crippen LogP contribution in [0.1, 0.15) is 23.7 Å². The summed E-state index contributed by atoms with van der Waals surface area (Å²) < 4.78 is 18.0. The lowest BCUT2D eigenvalue weighted by Gasteiger charge is -2.29. The maximum absolute atomic E-state index is 13.1. The van der Waals surface area contributed by atoms with Gasteiger partial charge in [0.2, 0.25) is 0 Å². The number of benzene rings is 1. The summed E-state index contributed by atoms with van der Waals surface area (Å²) in [6.45, 7) is 2.00. The quantitative estimate of drug-likeness (QED) is 0.624. The van der Waals surface area contributed by atoms with Crippen molar-refractivity contribution >= 4 is 17.7 Å². The molecule has 1 aliphatic rings. The van der Waals surface area contributed by atoms with E-state index in [1.54, 1.807) is 6.92 Å². The van der Waals surface area contributed by atoms with Crippen LogP contribution in [0.25, 0.3) is 0 Å². The minimum absolute atomic E-state index is 0.154. The van der Waals surface area contributed by atoms with Crippen LogP contribution in [-0.4, -0.2) is 42.3 Å². The van der Waals surface area contributed by atoms with Gasteiger partial charge in [-0.1, -0.05) is 6.07 Å². The van der Waals surface area contributed by atoms with Crippen LogP contribution in [0.4, 0.5) is 4.39 Å². The van der Waals surface area contributed by atoms with Crippen molar-refractivity contribution in [2.45, 2.75) is 13.3 Å². The van der Waals surface area contributed by atoms with E-state index in [0.717, 1.165) is 6.07 Å². The van der Waals surface area contributed by atoms with E-state index in [9.17, 15) is 18.8 Å². The van der Waals surface area contributed by atoms with Crippen molar-refractivity contribution in [3.05, 3.63) is 35.6 Å². The molecular weight excluding hydrogens is 277 g/mol. The highest BCUT2D eigenvalue weighted by Gasteiger charge is 2.35. The van der Waals surface area contributed by atoms with Gasteiger partial charge in [0.05, 0.1) is 13.2 Å². The molecule has 1 saturated heterocycles. The third kappa shape index (κ3) is 3.45. The van der Waals surface area contributed by atoms with Crippen molar-refractivity contribution in [1.82, 2.24) is 4.90 Å². The topological polar surface area (TPSA) is 63.7 Å². The summed E-state index contributed by atoms with van der Waals surface area (Å²) in [5, 5.41) is 0. The number of nitrogens with zero attached hydrogens (tertiary/aromatic N) is 1. The van der Waals surface area contributed by atoms with Gasteiger partial charge >= 0.3 is 5.97 Å². The second-order valence-corrected chi connectivity index (χ2v) is 4.80. The molecule has 0 saturated carbocycles. The molecule has 0 N–H and O–H groups in total. The third-order valence-electron chi connectivity index (χ3n) is 3.35. The van der Waals surface area contributed by atoms with Crippen LogP contribution in [0.15, 0.2) is 24.3 Å². The number of amides is 1. The number of Topliss-reactive ketones (excluding diaryl/α,β-unsaturated/α-hetero) is 1. The van der Waals surface area contributed by atoms with Crippen molar-refractivity contribution in [3.8, 4) is 0 Å². The Hall–Kier alpha value is -2.24. The molecule has 1 amide bonds. The van der Waals surface area contributed by atoms with Crippen LogP contribution in [0, 0.1) is 11.7 Å². The van der Waals surface area contributed by atoms with Gasteiger partial charge in [-0.15, -0.1) is 0 Å². The normalized spacial score (nSPS) is 18.5. The molecule has 6 heteroatoms. The number of halogens is 1. The Morgan fingerprint density at radius 2 is 2.19 bits per heavy atom. The predicted octanol–water partition coefficient (Wildman–Crippen LogP) is 1.42. The smallest absolute Gasteiger partial charge is 0.316 e. The molecule has 1 aromatic carbocycles. The average molecular weight is 293 g/mol. The van der Waals surface area contributed by atoms with Gasteiger partial charge < -0.3 is 9.64 Å². The van der Waals surface area contributed by atoms with Gasteiger partial charge in [0.25, 0.3) is 5.91 Å². The number of rotatable bonds is 3. The molecule has 1 heterocycles. The molecule has 1 aromatic rings. The minimum atomic E-state index is -0.804. The van der Waals surface area contributed by atoms with Crippen molar-refractivity contribution in [2.75, 3.05) is 19.7 Å². The van der Waals surface area contributed by atoms with Crippen molar-refractivity contribution in [2.24, 2.45) is 5.92 Å². The van der Waals surface area contributed by atoms with E-state index in [0.29, 0.717) is 0 Å². The second kappa shape index (κ2) is 6.47. The van der Waals surface area contributed by atoms with Crippen molar-refractivity contribution < 1.29 is 23.5 Å². The van der Waals surface area contributed by atoms with E-state index in [2.05, 4.69) is 0 Å². The molecule has 1 fully saturated rings. The Kier molecular flexibility index (Phi) is 4.67. The molecule has 1 aliphatic heterocycles. The Morgan fingerprint density at radius 3 is 2.81 bits per heavy atom. The van der Waals surface area contributed by atoms with E-state index in [1.807, 2.05) is 0 Å². The van der Waals surface area contributed by atoms with Crippen LogP contribution < -0.4 is 0 Å². The average Bonchev–Trinajstić information content (AvgIpc) is 2.46. The van der Waals surface area contributed by atoms with Crippen LogP contribution in [-0.2, 0) is 14.3 Å². The van der Waals surface area contributed by atoms with E-state index < -0.39 is 23.6 Å². The zero-order valence-corrected chi connectivity index (χ0v) is 11.7. The first-order valence-electron chi connectivity index (χ1n) is 6.77. The first-order chi connectivity index (χ1) is 10.0. The fourth-order valence-electron chi connectivity index (χ4n) is 2.29. The van der Waals surface area contributed by atoms with E-state index in [-0.39, 0.29) is 37.5 Å².